The van der Waals surface area contributed by atoms with Gasteiger partial charge in [0.1, 0.15) is 0 Å². The molecule has 0 unspecified atom stereocenters. The van der Waals surface area contributed by atoms with Crippen molar-refractivity contribution in [3.8, 4) is 0 Å². The smallest absolute Gasteiger partial charge is 0.379 e. The standard InChI is InChI=1S/C11H13FN2O2S/c12-11(15)14(10-4-2-1-3-5-10)17-13-6-8-16-9-7-13/h1-5H,6-9H2. The summed E-state index contributed by atoms with van der Waals surface area (Å²) in [7, 11) is 0. The zero-order valence-electron chi connectivity index (χ0n) is 9.21. The van der Waals surface area contributed by atoms with E-state index in [4.69, 9.17) is 4.74 Å². The van der Waals surface area contributed by atoms with Crippen LogP contribution in [-0.2, 0) is 4.74 Å². The van der Waals surface area contributed by atoms with Crippen molar-refractivity contribution in [1.82, 2.24) is 4.31 Å². The first-order valence-electron chi connectivity index (χ1n) is 5.33. The maximum absolute atomic E-state index is 13.0. The molecule has 0 bridgehead atoms. The van der Waals surface area contributed by atoms with Gasteiger partial charge < -0.3 is 4.74 Å². The Balaban J connectivity index is 2.05. The molecule has 1 fully saturated rings. The number of carbonyl (C=O) groups excluding carboxylic acids is 1. The minimum Gasteiger partial charge on any atom is -0.379 e. The van der Waals surface area contributed by atoms with E-state index < -0.39 is 6.16 Å². The molecule has 1 aromatic carbocycles. The normalized spacial score (nSPS) is 16.8. The van der Waals surface area contributed by atoms with Crippen LogP contribution < -0.4 is 4.31 Å². The number of anilines is 1. The number of benzene rings is 1. The molecule has 0 N–H and O–H groups in total. The highest BCUT2D eigenvalue weighted by molar-refractivity contribution is 7.99. The second-order valence-corrected chi connectivity index (χ2v) is 4.55. The van der Waals surface area contributed by atoms with E-state index in [2.05, 4.69) is 0 Å². The monoisotopic (exact) mass is 256 g/mol. The van der Waals surface area contributed by atoms with Gasteiger partial charge in [0.25, 0.3) is 0 Å². The van der Waals surface area contributed by atoms with Crippen LogP contribution >= 0.6 is 12.1 Å². The van der Waals surface area contributed by atoms with Gasteiger partial charge in [-0.2, -0.15) is 0 Å². The molecule has 6 heteroatoms. The number of ether oxygens (including phenoxy) is 1. The van der Waals surface area contributed by atoms with Crippen molar-refractivity contribution in [2.45, 2.75) is 0 Å². The van der Waals surface area contributed by atoms with Crippen molar-refractivity contribution in [2.24, 2.45) is 0 Å². The molecule has 17 heavy (non-hydrogen) atoms. The third-order valence-electron chi connectivity index (χ3n) is 2.32. The predicted molar refractivity (Wildman–Crippen MR) is 65.4 cm³/mol. The molecule has 1 aromatic rings. The third kappa shape index (κ3) is 3.42. The molecule has 1 amide bonds. The van der Waals surface area contributed by atoms with E-state index in [0.29, 0.717) is 32.0 Å². The molecule has 1 aliphatic rings. The Morgan fingerprint density at radius 2 is 1.94 bits per heavy atom. The second-order valence-electron chi connectivity index (χ2n) is 3.51. The van der Waals surface area contributed by atoms with Gasteiger partial charge in [-0.15, -0.1) is 4.39 Å². The van der Waals surface area contributed by atoms with Crippen LogP contribution in [-0.4, -0.2) is 36.8 Å². The van der Waals surface area contributed by atoms with Gasteiger partial charge in [-0.25, -0.2) is 13.4 Å². The molecule has 0 aromatic heterocycles. The maximum atomic E-state index is 13.0. The summed E-state index contributed by atoms with van der Waals surface area (Å²) in [6.07, 6.45) is -1.47. The fourth-order valence-electron chi connectivity index (χ4n) is 1.49. The van der Waals surface area contributed by atoms with Crippen LogP contribution in [0.15, 0.2) is 30.3 Å². The molecule has 0 saturated carbocycles. The molecule has 1 aliphatic heterocycles. The quantitative estimate of drug-likeness (QED) is 0.472. The molecule has 0 aliphatic carbocycles. The number of carbonyl (C=O) groups is 1. The Morgan fingerprint density at radius 1 is 1.29 bits per heavy atom. The molecule has 1 heterocycles. The Bertz CT molecular complexity index is 371. The minimum absolute atomic E-state index is 0.538. The van der Waals surface area contributed by atoms with Crippen LogP contribution in [0.25, 0.3) is 0 Å². The van der Waals surface area contributed by atoms with Gasteiger partial charge in [0.2, 0.25) is 0 Å². The first-order chi connectivity index (χ1) is 8.27. The number of halogens is 1. The van der Waals surface area contributed by atoms with E-state index in [1.807, 2.05) is 10.4 Å². The maximum Gasteiger partial charge on any atom is 0.415 e. The van der Waals surface area contributed by atoms with Gasteiger partial charge in [0.15, 0.2) is 0 Å². The number of rotatable bonds is 3. The first-order valence-corrected chi connectivity index (χ1v) is 6.06. The summed E-state index contributed by atoms with van der Waals surface area (Å²) in [5.74, 6) is 0. The molecule has 0 spiro atoms. The Morgan fingerprint density at radius 3 is 2.53 bits per heavy atom. The van der Waals surface area contributed by atoms with Crippen LogP contribution in [0.5, 0.6) is 0 Å². The Kier molecular flexibility index (Phi) is 4.36. The number of hydrogen-bond donors (Lipinski definition) is 0. The number of morpholine rings is 1. The molecular weight excluding hydrogens is 243 g/mol. The number of nitrogens with zero attached hydrogens (tertiary/aromatic N) is 2. The van der Waals surface area contributed by atoms with E-state index in [1.54, 1.807) is 24.3 Å². The molecule has 4 nitrogen and oxygen atoms in total. The van der Waals surface area contributed by atoms with Crippen LogP contribution in [0.2, 0.25) is 0 Å². The Hall–Kier alpha value is -1.11. The fourth-order valence-corrected chi connectivity index (χ4v) is 2.31. The zero-order valence-corrected chi connectivity index (χ0v) is 10.0. The van der Waals surface area contributed by atoms with E-state index in [-0.39, 0.29) is 0 Å². The lowest BCUT2D eigenvalue weighted by molar-refractivity contribution is 0.0772. The summed E-state index contributed by atoms with van der Waals surface area (Å²) in [5.41, 5.74) is 0.538. The van der Waals surface area contributed by atoms with Crippen LogP contribution in [0.4, 0.5) is 14.9 Å². The summed E-state index contributed by atoms with van der Waals surface area (Å²) in [6.45, 7) is 2.58. The van der Waals surface area contributed by atoms with Crippen LogP contribution in [0, 0.1) is 0 Å². The van der Waals surface area contributed by atoms with Crippen molar-refractivity contribution in [3.05, 3.63) is 30.3 Å². The van der Waals surface area contributed by atoms with Crippen LogP contribution in [0.3, 0.4) is 0 Å². The number of amides is 1. The lowest BCUT2D eigenvalue weighted by Gasteiger charge is -2.29. The van der Waals surface area contributed by atoms with Gasteiger partial charge in [-0.1, -0.05) is 18.2 Å². The average Bonchev–Trinajstić information content (AvgIpc) is 2.38. The minimum atomic E-state index is -1.47. The number of para-hydroxylation sites is 1. The number of hydrogen-bond acceptors (Lipinski definition) is 4. The zero-order chi connectivity index (χ0) is 12.1. The highest BCUT2D eigenvalue weighted by atomic mass is 32.2. The van der Waals surface area contributed by atoms with Crippen molar-refractivity contribution in [3.63, 3.8) is 0 Å². The summed E-state index contributed by atoms with van der Waals surface area (Å²) in [6, 6.07) is 8.76. The van der Waals surface area contributed by atoms with Crippen molar-refractivity contribution in [2.75, 3.05) is 30.6 Å². The van der Waals surface area contributed by atoms with E-state index in [1.165, 1.54) is 0 Å². The lowest BCUT2D eigenvalue weighted by Crippen LogP contribution is -2.35. The van der Waals surface area contributed by atoms with Gasteiger partial charge in [0, 0.05) is 25.2 Å². The van der Waals surface area contributed by atoms with Gasteiger partial charge in [0.05, 0.1) is 18.9 Å². The summed E-state index contributed by atoms with van der Waals surface area (Å²) >= 11 is 1.09. The second kappa shape index (κ2) is 6.00. The SMILES string of the molecule is O=C(F)N(SN1CCOCC1)c1ccccc1. The van der Waals surface area contributed by atoms with E-state index in [0.717, 1.165) is 16.4 Å². The molecule has 0 radical (unpaired) electrons. The topological polar surface area (TPSA) is 32.8 Å². The van der Waals surface area contributed by atoms with Crippen molar-refractivity contribution >= 4 is 24.0 Å². The predicted octanol–water partition coefficient (Wildman–Crippen LogP) is 2.48. The lowest BCUT2D eigenvalue weighted by atomic mass is 10.3. The molecule has 1 saturated heterocycles. The summed E-state index contributed by atoms with van der Waals surface area (Å²) in [4.78, 5) is 11.0. The Labute approximate surface area is 104 Å². The molecule has 2 rings (SSSR count). The van der Waals surface area contributed by atoms with E-state index in [9.17, 15) is 9.18 Å². The first kappa shape index (κ1) is 12.3. The summed E-state index contributed by atoms with van der Waals surface area (Å²) in [5, 5.41) is 0. The van der Waals surface area contributed by atoms with E-state index >= 15 is 0 Å². The van der Waals surface area contributed by atoms with Crippen molar-refractivity contribution < 1.29 is 13.9 Å². The highest BCUT2D eigenvalue weighted by Crippen LogP contribution is 2.26. The average molecular weight is 256 g/mol. The largest absolute Gasteiger partial charge is 0.415 e. The van der Waals surface area contributed by atoms with Gasteiger partial charge >= 0.3 is 6.16 Å². The van der Waals surface area contributed by atoms with Crippen molar-refractivity contribution in [1.29, 1.82) is 0 Å². The highest BCUT2D eigenvalue weighted by Gasteiger charge is 2.21. The molecule has 0 atom stereocenters. The summed E-state index contributed by atoms with van der Waals surface area (Å²) < 4.78 is 21.2. The molecular formula is C11H13FN2O2S. The van der Waals surface area contributed by atoms with Crippen LogP contribution in [0.1, 0.15) is 0 Å². The third-order valence-corrected chi connectivity index (χ3v) is 3.43. The van der Waals surface area contributed by atoms with Gasteiger partial charge in [-0.05, 0) is 12.1 Å². The fraction of sp³-hybridized carbons (Fsp3) is 0.364. The van der Waals surface area contributed by atoms with Gasteiger partial charge in [-0.3, -0.25) is 0 Å². The molecule has 92 valence electrons.